The molecule has 1 aromatic heterocycles. The van der Waals surface area contributed by atoms with Crippen molar-refractivity contribution >= 4 is 49.0 Å². The Kier molecular flexibility index (Phi) is 6.84. The Morgan fingerprint density at radius 1 is 1.19 bits per heavy atom. The molecule has 1 heterocycles. The van der Waals surface area contributed by atoms with Crippen LogP contribution in [0.2, 0.25) is 0 Å². The largest absolute Gasteiger partial charge is 0.465 e. The molecule has 0 fully saturated rings. The SMILES string of the molecule is CCOC(=O)Cn1c(=NC(=O)Cc2ccc(S(C)(=O)=O)cc2)sc2cc([N+](=O)[O-])ccc21. The Morgan fingerprint density at radius 2 is 1.88 bits per heavy atom. The van der Waals surface area contributed by atoms with Gasteiger partial charge in [0.15, 0.2) is 14.6 Å². The molecule has 0 saturated heterocycles. The lowest BCUT2D eigenvalue weighted by atomic mass is 10.1. The lowest BCUT2D eigenvalue weighted by Gasteiger charge is -2.05. The molecule has 0 atom stereocenters. The Hall–Kier alpha value is -3.38. The minimum absolute atomic E-state index is 0.0855. The smallest absolute Gasteiger partial charge is 0.326 e. The van der Waals surface area contributed by atoms with Crippen molar-refractivity contribution in [1.29, 1.82) is 0 Å². The zero-order chi connectivity index (χ0) is 23.5. The highest BCUT2D eigenvalue weighted by atomic mass is 32.2. The second kappa shape index (κ2) is 9.40. The number of sulfone groups is 1. The van der Waals surface area contributed by atoms with E-state index in [2.05, 4.69) is 4.99 Å². The van der Waals surface area contributed by atoms with Crippen LogP contribution < -0.4 is 4.80 Å². The fraction of sp³-hybridized carbons (Fsp3) is 0.250. The second-order valence-electron chi connectivity index (χ2n) is 6.78. The summed E-state index contributed by atoms with van der Waals surface area (Å²) in [5.41, 5.74) is 0.962. The molecule has 0 radical (unpaired) electrons. The Morgan fingerprint density at radius 3 is 2.47 bits per heavy atom. The first kappa shape index (κ1) is 23.3. The number of nitro benzene ring substituents is 1. The van der Waals surface area contributed by atoms with Gasteiger partial charge in [-0.05, 0) is 30.7 Å². The van der Waals surface area contributed by atoms with E-state index in [-0.39, 0.29) is 35.0 Å². The number of fused-ring (bicyclic) bond motifs is 1. The maximum absolute atomic E-state index is 12.6. The van der Waals surface area contributed by atoms with Gasteiger partial charge >= 0.3 is 5.97 Å². The van der Waals surface area contributed by atoms with Gasteiger partial charge in [-0.25, -0.2) is 8.42 Å². The molecule has 12 heteroatoms. The summed E-state index contributed by atoms with van der Waals surface area (Å²) in [6.45, 7) is 1.64. The number of non-ortho nitro benzene ring substituents is 1. The standard InChI is InChI=1S/C20H19N3O7S2/c1-3-30-19(25)12-22-16-9-6-14(23(26)27)11-17(16)31-20(22)21-18(24)10-13-4-7-15(8-5-13)32(2,28)29/h4-9,11H,3,10,12H2,1-2H3. The molecule has 10 nitrogen and oxygen atoms in total. The minimum Gasteiger partial charge on any atom is -0.465 e. The average Bonchev–Trinajstić information content (AvgIpc) is 3.03. The van der Waals surface area contributed by atoms with Gasteiger partial charge in [0.25, 0.3) is 11.6 Å². The predicted molar refractivity (Wildman–Crippen MR) is 117 cm³/mol. The second-order valence-corrected chi connectivity index (χ2v) is 9.81. The Balaban J connectivity index is 1.98. The summed E-state index contributed by atoms with van der Waals surface area (Å²) >= 11 is 1.04. The number of aromatic nitrogens is 1. The lowest BCUT2D eigenvalue weighted by molar-refractivity contribution is -0.384. The topological polar surface area (TPSA) is 138 Å². The van der Waals surface area contributed by atoms with Gasteiger partial charge in [0, 0.05) is 18.4 Å². The summed E-state index contributed by atoms with van der Waals surface area (Å²) in [6, 6.07) is 10.1. The van der Waals surface area contributed by atoms with E-state index >= 15 is 0 Å². The fourth-order valence-electron chi connectivity index (χ4n) is 2.92. The number of thiazole rings is 1. The van der Waals surface area contributed by atoms with Crippen LogP contribution >= 0.6 is 11.3 Å². The number of carbonyl (C=O) groups is 2. The van der Waals surface area contributed by atoms with Crippen molar-refractivity contribution in [3.63, 3.8) is 0 Å². The first-order valence-corrected chi connectivity index (χ1v) is 12.1. The van der Waals surface area contributed by atoms with Gasteiger partial charge in [-0.15, -0.1) is 0 Å². The van der Waals surface area contributed by atoms with Crippen molar-refractivity contribution in [2.45, 2.75) is 24.8 Å². The zero-order valence-corrected chi connectivity index (χ0v) is 18.8. The molecule has 3 aromatic rings. The Labute approximate surface area is 186 Å². The number of nitrogens with zero attached hydrogens (tertiary/aromatic N) is 3. The molecule has 0 unspecified atom stereocenters. The van der Waals surface area contributed by atoms with Gasteiger partial charge in [0.2, 0.25) is 0 Å². The maximum Gasteiger partial charge on any atom is 0.326 e. The van der Waals surface area contributed by atoms with E-state index in [4.69, 9.17) is 4.74 Å². The van der Waals surface area contributed by atoms with Crippen molar-refractivity contribution in [3.8, 4) is 0 Å². The molecule has 0 aliphatic heterocycles. The van der Waals surface area contributed by atoms with E-state index in [0.717, 1.165) is 17.6 Å². The first-order chi connectivity index (χ1) is 15.1. The third kappa shape index (κ3) is 5.45. The van der Waals surface area contributed by atoms with Crippen LogP contribution in [0.25, 0.3) is 10.2 Å². The number of ether oxygens (including phenoxy) is 1. The molecular formula is C20H19N3O7S2. The van der Waals surface area contributed by atoms with Crippen molar-refractivity contribution in [1.82, 2.24) is 4.57 Å². The van der Waals surface area contributed by atoms with Gasteiger partial charge in [-0.2, -0.15) is 4.99 Å². The number of hydrogen-bond acceptors (Lipinski definition) is 8. The first-order valence-electron chi connectivity index (χ1n) is 9.38. The van der Waals surface area contributed by atoms with E-state index in [1.165, 1.54) is 47.0 Å². The summed E-state index contributed by atoms with van der Waals surface area (Å²) in [5.74, 6) is -1.05. The quantitative estimate of drug-likeness (QED) is 0.289. The molecular weight excluding hydrogens is 458 g/mol. The Bertz CT molecular complexity index is 1370. The lowest BCUT2D eigenvalue weighted by Crippen LogP contribution is -2.23. The predicted octanol–water partition coefficient (Wildman–Crippen LogP) is 2.25. The van der Waals surface area contributed by atoms with Crippen LogP contribution in [0.1, 0.15) is 12.5 Å². The van der Waals surface area contributed by atoms with E-state index in [9.17, 15) is 28.1 Å². The van der Waals surface area contributed by atoms with E-state index < -0.39 is 26.6 Å². The van der Waals surface area contributed by atoms with Crippen LogP contribution in [0.15, 0.2) is 52.4 Å². The van der Waals surface area contributed by atoms with Crippen LogP contribution in [0.5, 0.6) is 0 Å². The normalized spacial score (nSPS) is 12.1. The number of amides is 1. The van der Waals surface area contributed by atoms with Crippen LogP contribution in [-0.2, 0) is 37.1 Å². The van der Waals surface area contributed by atoms with Crippen molar-refractivity contribution in [3.05, 3.63) is 62.9 Å². The summed E-state index contributed by atoms with van der Waals surface area (Å²) in [6.07, 6.45) is 1.01. The molecule has 3 rings (SSSR count). The van der Waals surface area contributed by atoms with Crippen LogP contribution in [-0.4, -0.2) is 42.6 Å². The number of benzene rings is 2. The highest BCUT2D eigenvalue weighted by molar-refractivity contribution is 7.90. The minimum atomic E-state index is -3.34. The zero-order valence-electron chi connectivity index (χ0n) is 17.2. The maximum atomic E-state index is 12.6. The summed E-state index contributed by atoms with van der Waals surface area (Å²) < 4.78 is 30.1. The van der Waals surface area contributed by atoms with Gasteiger partial charge in [0.05, 0.1) is 33.1 Å². The van der Waals surface area contributed by atoms with Gasteiger partial charge in [-0.1, -0.05) is 23.5 Å². The summed E-state index contributed by atoms with van der Waals surface area (Å²) in [5, 5.41) is 11.1. The molecule has 0 spiro atoms. The van der Waals surface area contributed by atoms with Crippen LogP contribution in [0.4, 0.5) is 5.69 Å². The number of nitro groups is 1. The monoisotopic (exact) mass is 477 g/mol. The van der Waals surface area contributed by atoms with E-state index in [0.29, 0.717) is 15.8 Å². The van der Waals surface area contributed by atoms with E-state index in [1.807, 2.05) is 0 Å². The molecule has 0 saturated carbocycles. The molecule has 2 aromatic carbocycles. The number of esters is 1. The van der Waals surface area contributed by atoms with Crippen LogP contribution in [0, 0.1) is 10.1 Å². The van der Waals surface area contributed by atoms with Crippen molar-refractivity contribution in [2.75, 3.05) is 12.9 Å². The number of hydrogen-bond donors (Lipinski definition) is 0. The number of carbonyl (C=O) groups excluding carboxylic acids is 2. The highest BCUT2D eigenvalue weighted by Crippen LogP contribution is 2.23. The molecule has 0 aliphatic carbocycles. The molecule has 32 heavy (non-hydrogen) atoms. The molecule has 0 bridgehead atoms. The molecule has 168 valence electrons. The summed E-state index contributed by atoms with van der Waals surface area (Å²) in [4.78, 5) is 39.6. The van der Waals surface area contributed by atoms with Crippen LogP contribution in [0.3, 0.4) is 0 Å². The van der Waals surface area contributed by atoms with Gasteiger partial charge in [0.1, 0.15) is 6.54 Å². The average molecular weight is 478 g/mol. The van der Waals surface area contributed by atoms with E-state index in [1.54, 1.807) is 6.92 Å². The van der Waals surface area contributed by atoms with Gasteiger partial charge < -0.3 is 9.30 Å². The van der Waals surface area contributed by atoms with Crippen molar-refractivity contribution < 1.29 is 27.7 Å². The summed E-state index contributed by atoms with van der Waals surface area (Å²) in [7, 11) is -3.34. The third-order valence-corrected chi connectivity index (χ3v) is 6.57. The third-order valence-electron chi connectivity index (χ3n) is 4.40. The number of rotatable bonds is 7. The molecule has 1 amide bonds. The van der Waals surface area contributed by atoms with Gasteiger partial charge in [-0.3, -0.25) is 19.7 Å². The fourth-order valence-corrected chi connectivity index (χ4v) is 4.63. The van der Waals surface area contributed by atoms with Crippen molar-refractivity contribution in [2.24, 2.45) is 4.99 Å². The molecule has 0 N–H and O–H groups in total. The molecule has 0 aliphatic rings. The highest BCUT2D eigenvalue weighted by Gasteiger charge is 2.16.